The Balaban J connectivity index is 2.29. The Hall–Kier alpha value is -1.71. The summed E-state index contributed by atoms with van der Waals surface area (Å²) in [4.78, 5) is 12.8. The van der Waals surface area contributed by atoms with Gasteiger partial charge in [0.05, 0.1) is 6.54 Å². The molecule has 0 fully saturated rings. The topological polar surface area (TPSA) is 58.4 Å². The van der Waals surface area contributed by atoms with Crippen LogP contribution in [-0.4, -0.2) is 26.0 Å². The molecule has 1 aliphatic heterocycles. The van der Waals surface area contributed by atoms with Crippen molar-refractivity contribution < 1.29 is 4.79 Å². The molecule has 0 unspecified atom stereocenters. The van der Waals surface area contributed by atoms with E-state index in [1.54, 1.807) is 0 Å². The number of anilines is 2. The van der Waals surface area contributed by atoms with E-state index in [1.165, 1.54) is 11.3 Å². The summed E-state index contributed by atoms with van der Waals surface area (Å²) in [6, 6.07) is 6.12. The quantitative estimate of drug-likeness (QED) is 0.796. The molecule has 16 heavy (non-hydrogen) atoms. The van der Waals surface area contributed by atoms with Crippen LogP contribution in [0.2, 0.25) is 0 Å². The maximum absolute atomic E-state index is 10.9. The van der Waals surface area contributed by atoms with Crippen LogP contribution < -0.4 is 16.0 Å². The van der Waals surface area contributed by atoms with E-state index in [4.69, 9.17) is 5.73 Å². The number of fused-ring (bicyclic) bond motifs is 1. The third-order valence-electron chi connectivity index (χ3n) is 2.87. The van der Waals surface area contributed by atoms with Gasteiger partial charge in [-0.1, -0.05) is 6.07 Å². The van der Waals surface area contributed by atoms with E-state index >= 15 is 0 Å². The summed E-state index contributed by atoms with van der Waals surface area (Å²) in [6.45, 7) is 1.28. The molecule has 0 aromatic heterocycles. The number of hydrogen-bond acceptors (Lipinski definition) is 3. The molecule has 0 atom stereocenters. The second-order valence-corrected chi connectivity index (χ2v) is 4.16. The molecule has 0 aliphatic carbocycles. The molecule has 0 bridgehead atoms. The Morgan fingerprint density at radius 1 is 1.56 bits per heavy atom. The lowest BCUT2D eigenvalue weighted by Crippen LogP contribution is -2.31. The third kappa shape index (κ3) is 2.10. The number of likely N-dealkylation sites (N-methyl/N-ethyl adjacent to an activating group) is 1. The second-order valence-electron chi connectivity index (χ2n) is 4.16. The molecule has 1 aliphatic rings. The van der Waals surface area contributed by atoms with Crippen LogP contribution in [0.4, 0.5) is 11.4 Å². The highest BCUT2D eigenvalue weighted by molar-refractivity contribution is 5.80. The lowest BCUT2D eigenvalue weighted by atomic mass is 10.0. The predicted octanol–water partition coefficient (Wildman–Crippen LogP) is 0.966. The van der Waals surface area contributed by atoms with Crippen molar-refractivity contribution in [3.8, 4) is 0 Å². The van der Waals surface area contributed by atoms with Crippen LogP contribution in [-0.2, 0) is 11.2 Å². The van der Waals surface area contributed by atoms with Crippen LogP contribution in [0, 0.1) is 0 Å². The van der Waals surface area contributed by atoms with Crippen LogP contribution in [0.25, 0.3) is 0 Å². The Morgan fingerprint density at radius 3 is 3.12 bits per heavy atom. The van der Waals surface area contributed by atoms with E-state index in [-0.39, 0.29) is 12.5 Å². The summed E-state index contributed by atoms with van der Waals surface area (Å²) < 4.78 is 0. The molecular weight excluding hydrogens is 202 g/mol. The van der Waals surface area contributed by atoms with E-state index in [0.717, 1.165) is 25.1 Å². The number of amides is 1. The molecule has 4 nitrogen and oxygen atoms in total. The number of carbonyl (C=O) groups excluding carboxylic acids is 1. The number of carbonyl (C=O) groups is 1. The molecule has 0 spiro atoms. The Kier molecular flexibility index (Phi) is 2.99. The minimum Gasteiger partial charge on any atom is -0.385 e. The first-order chi connectivity index (χ1) is 7.68. The molecule has 0 saturated heterocycles. The number of rotatable bonds is 3. The predicted molar refractivity (Wildman–Crippen MR) is 65.7 cm³/mol. The van der Waals surface area contributed by atoms with Crippen LogP contribution in [0.15, 0.2) is 18.2 Å². The lowest BCUT2D eigenvalue weighted by molar-refractivity contribution is -0.116. The summed E-state index contributed by atoms with van der Waals surface area (Å²) in [7, 11) is 1.90. The van der Waals surface area contributed by atoms with Crippen molar-refractivity contribution in [3.05, 3.63) is 23.8 Å². The highest BCUT2D eigenvalue weighted by atomic mass is 16.1. The van der Waals surface area contributed by atoms with Gasteiger partial charge < -0.3 is 16.0 Å². The zero-order chi connectivity index (χ0) is 11.5. The Bertz CT molecular complexity index is 403. The van der Waals surface area contributed by atoms with Crippen LogP contribution in [0.5, 0.6) is 0 Å². The number of nitrogens with zero attached hydrogens (tertiary/aromatic N) is 1. The summed E-state index contributed by atoms with van der Waals surface area (Å²) in [5.74, 6) is -0.302. The normalized spacial score (nSPS) is 13.8. The van der Waals surface area contributed by atoms with E-state index in [2.05, 4.69) is 11.4 Å². The molecule has 1 heterocycles. The summed E-state index contributed by atoms with van der Waals surface area (Å²) in [6.07, 6.45) is 2.19. The van der Waals surface area contributed by atoms with E-state index in [9.17, 15) is 4.79 Å². The maximum Gasteiger partial charge on any atom is 0.236 e. The minimum absolute atomic E-state index is 0.260. The third-order valence-corrected chi connectivity index (χ3v) is 2.87. The van der Waals surface area contributed by atoms with Crippen molar-refractivity contribution in [1.29, 1.82) is 0 Å². The zero-order valence-electron chi connectivity index (χ0n) is 9.49. The highest BCUT2D eigenvalue weighted by Gasteiger charge is 2.15. The van der Waals surface area contributed by atoms with Gasteiger partial charge in [-0.25, -0.2) is 0 Å². The first-order valence-electron chi connectivity index (χ1n) is 5.53. The zero-order valence-corrected chi connectivity index (χ0v) is 9.49. The molecule has 0 saturated carbocycles. The molecular formula is C12H17N3O. The smallest absolute Gasteiger partial charge is 0.236 e. The fourth-order valence-corrected chi connectivity index (χ4v) is 2.17. The average Bonchev–Trinajstić information content (AvgIpc) is 2.27. The molecule has 0 radical (unpaired) electrons. The van der Waals surface area contributed by atoms with Gasteiger partial charge in [-0.2, -0.15) is 0 Å². The molecule has 86 valence electrons. The van der Waals surface area contributed by atoms with Crippen molar-refractivity contribution in [1.82, 2.24) is 0 Å². The van der Waals surface area contributed by atoms with Crippen LogP contribution >= 0.6 is 0 Å². The first kappa shape index (κ1) is 10.8. The van der Waals surface area contributed by atoms with Gasteiger partial charge in [-0.05, 0) is 30.5 Å². The van der Waals surface area contributed by atoms with Crippen molar-refractivity contribution in [2.45, 2.75) is 12.8 Å². The van der Waals surface area contributed by atoms with Gasteiger partial charge >= 0.3 is 0 Å². The summed E-state index contributed by atoms with van der Waals surface area (Å²) in [5.41, 5.74) is 8.78. The minimum atomic E-state index is -0.302. The standard InChI is InChI=1S/C12H17N3O/c1-15(8-12(13)16)11-6-2-5-10-9(11)4-3-7-14-10/h2,5-6,14H,3-4,7-8H2,1H3,(H2,13,16). The van der Waals surface area contributed by atoms with Crippen molar-refractivity contribution in [3.63, 3.8) is 0 Å². The van der Waals surface area contributed by atoms with Crippen molar-refractivity contribution in [2.75, 3.05) is 30.4 Å². The number of nitrogens with two attached hydrogens (primary N) is 1. The van der Waals surface area contributed by atoms with Gasteiger partial charge in [-0.15, -0.1) is 0 Å². The molecule has 2 rings (SSSR count). The number of benzene rings is 1. The average molecular weight is 219 g/mol. The maximum atomic E-state index is 10.9. The van der Waals surface area contributed by atoms with E-state index in [0.29, 0.717) is 0 Å². The molecule has 3 N–H and O–H groups in total. The van der Waals surface area contributed by atoms with Crippen molar-refractivity contribution in [2.24, 2.45) is 5.73 Å². The Morgan fingerprint density at radius 2 is 2.38 bits per heavy atom. The summed E-state index contributed by atoms with van der Waals surface area (Å²) >= 11 is 0. The van der Waals surface area contributed by atoms with Gasteiger partial charge in [0.2, 0.25) is 5.91 Å². The van der Waals surface area contributed by atoms with Gasteiger partial charge in [0.25, 0.3) is 0 Å². The highest BCUT2D eigenvalue weighted by Crippen LogP contribution is 2.30. The number of primary amides is 1. The van der Waals surface area contributed by atoms with E-state index < -0.39 is 0 Å². The number of hydrogen-bond donors (Lipinski definition) is 2. The Labute approximate surface area is 95.4 Å². The summed E-state index contributed by atoms with van der Waals surface area (Å²) in [5, 5.41) is 3.37. The van der Waals surface area contributed by atoms with Crippen LogP contribution in [0.3, 0.4) is 0 Å². The number of nitrogens with one attached hydrogen (secondary N) is 1. The van der Waals surface area contributed by atoms with Gasteiger partial charge in [0.1, 0.15) is 0 Å². The molecule has 1 amide bonds. The SMILES string of the molecule is CN(CC(N)=O)c1cccc2c1CCCN2. The largest absolute Gasteiger partial charge is 0.385 e. The van der Waals surface area contributed by atoms with Gasteiger partial charge in [0.15, 0.2) is 0 Å². The van der Waals surface area contributed by atoms with Gasteiger partial charge in [-0.3, -0.25) is 4.79 Å². The monoisotopic (exact) mass is 219 g/mol. The fraction of sp³-hybridized carbons (Fsp3) is 0.417. The fourth-order valence-electron chi connectivity index (χ4n) is 2.17. The van der Waals surface area contributed by atoms with Crippen molar-refractivity contribution >= 4 is 17.3 Å². The van der Waals surface area contributed by atoms with Crippen LogP contribution in [0.1, 0.15) is 12.0 Å². The first-order valence-corrected chi connectivity index (χ1v) is 5.53. The second kappa shape index (κ2) is 4.43. The molecule has 1 aromatic rings. The van der Waals surface area contributed by atoms with E-state index in [1.807, 2.05) is 24.1 Å². The molecule has 4 heteroatoms. The van der Waals surface area contributed by atoms with Gasteiger partial charge in [0, 0.05) is 25.0 Å². The molecule has 1 aromatic carbocycles. The lowest BCUT2D eigenvalue weighted by Gasteiger charge is -2.26.